The third kappa shape index (κ3) is 5.04. The number of hydrogen-bond acceptors (Lipinski definition) is 4. The first-order valence-electron chi connectivity index (χ1n) is 9.63. The van der Waals surface area contributed by atoms with E-state index in [0.29, 0.717) is 12.6 Å². The van der Waals surface area contributed by atoms with E-state index in [1.165, 1.54) is 12.3 Å². The lowest BCUT2D eigenvalue weighted by atomic mass is 10.00. The Kier molecular flexibility index (Phi) is 6.61. The van der Waals surface area contributed by atoms with Gasteiger partial charge in [-0.15, -0.1) is 0 Å². The summed E-state index contributed by atoms with van der Waals surface area (Å²) >= 11 is 0. The van der Waals surface area contributed by atoms with Gasteiger partial charge in [0.25, 0.3) is 0 Å². The number of carbonyl (C=O) groups is 1. The topological polar surface area (TPSA) is 39.7 Å². The molecule has 0 bridgehead atoms. The Balaban J connectivity index is 1.46. The zero-order valence-corrected chi connectivity index (χ0v) is 15.6. The highest BCUT2D eigenvalue weighted by Gasteiger charge is 2.24. The average molecular weight is 360 g/mol. The van der Waals surface area contributed by atoms with E-state index in [-0.39, 0.29) is 11.7 Å². The summed E-state index contributed by atoms with van der Waals surface area (Å²) in [6.45, 7) is 3.75. The van der Waals surface area contributed by atoms with Crippen LogP contribution in [0.15, 0.2) is 30.5 Å². The van der Waals surface area contributed by atoms with Crippen LogP contribution in [0.2, 0.25) is 0 Å². The van der Waals surface area contributed by atoms with Gasteiger partial charge in [-0.3, -0.25) is 9.69 Å². The smallest absolute Gasteiger partial charge is 0.236 e. The lowest BCUT2D eigenvalue weighted by molar-refractivity contribution is -0.133. The summed E-state index contributed by atoms with van der Waals surface area (Å²) in [5, 5.41) is 0. The van der Waals surface area contributed by atoms with Crippen LogP contribution in [-0.2, 0) is 4.79 Å². The highest BCUT2D eigenvalue weighted by molar-refractivity contribution is 5.78. The first kappa shape index (κ1) is 18.8. The number of nitrogens with zero attached hydrogens (tertiary/aromatic N) is 4. The molecule has 0 saturated carbocycles. The maximum absolute atomic E-state index is 13.0. The lowest BCUT2D eigenvalue weighted by Crippen LogP contribution is -2.51. The van der Waals surface area contributed by atoms with E-state index in [1.54, 1.807) is 6.07 Å². The van der Waals surface area contributed by atoms with Gasteiger partial charge < -0.3 is 9.80 Å². The van der Waals surface area contributed by atoms with Gasteiger partial charge in [0.2, 0.25) is 5.91 Å². The molecule has 1 atom stereocenters. The third-order valence-corrected chi connectivity index (χ3v) is 5.45. The monoisotopic (exact) mass is 360 g/mol. The molecular weight excluding hydrogens is 331 g/mol. The minimum absolute atomic E-state index is 0.216. The number of carbonyl (C=O) groups excluding carboxylic acids is 1. The molecule has 2 aliphatic rings. The molecule has 1 aliphatic heterocycles. The predicted molar refractivity (Wildman–Crippen MR) is 102 cm³/mol. The van der Waals surface area contributed by atoms with Crippen LogP contribution in [0.1, 0.15) is 32.1 Å². The normalized spacial score (nSPS) is 23.2. The van der Waals surface area contributed by atoms with Crippen molar-refractivity contribution >= 4 is 11.7 Å². The second-order valence-electron chi connectivity index (χ2n) is 7.24. The summed E-state index contributed by atoms with van der Waals surface area (Å²) < 4.78 is 13.0. The molecule has 0 N–H and O–H groups in total. The van der Waals surface area contributed by atoms with Gasteiger partial charge in [-0.05, 0) is 44.2 Å². The molecule has 1 aromatic rings. The lowest BCUT2D eigenvalue weighted by Gasteiger charge is -2.36. The Morgan fingerprint density at radius 2 is 1.96 bits per heavy atom. The van der Waals surface area contributed by atoms with Crippen molar-refractivity contribution < 1.29 is 9.18 Å². The number of anilines is 1. The highest BCUT2D eigenvalue weighted by Crippen LogP contribution is 2.18. The Morgan fingerprint density at radius 3 is 2.69 bits per heavy atom. The Labute approximate surface area is 155 Å². The molecule has 2 heterocycles. The zero-order chi connectivity index (χ0) is 18.4. The second kappa shape index (κ2) is 9.12. The van der Waals surface area contributed by atoms with Crippen molar-refractivity contribution in [3.8, 4) is 0 Å². The number of likely N-dealkylation sites (N-methyl/N-ethyl adjacent to an activating group) is 1. The van der Waals surface area contributed by atoms with Crippen molar-refractivity contribution in [2.75, 3.05) is 44.7 Å². The molecule has 26 heavy (non-hydrogen) atoms. The van der Waals surface area contributed by atoms with E-state index in [2.05, 4.69) is 26.9 Å². The van der Waals surface area contributed by atoms with E-state index < -0.39 is 0 Å². The predicted octanol–water partition coefficient (Wildman–Crippen LogP) is 2.69. The maximum atomic E-state index is 13.0. The molecule has 1 aromatic heterocycles. The van der Waals surface area contributed by atoms with Gasteiger partial charge in [-0.1, -0.05) is 12.2 Å². The molecule has 1 fully saturated rings. The number of pyridine rings is 1. The van der Waals surface area contributed by atoms with Gasteiger partial charge >= 0.3 is 0 Å². The molecule has 3 rings (SSSR count). The SMILES string of the molecule is CN(C(=O)CN1CCN(c2ccc(F)cn2)CC1)[C@@H]1CC/C=C\CCC1. The molecule has 5 nitrogen and oxygen atoms in total. The summed E-state index contributed by atoms with van der Waals surface area (Å²) in [7, 11) is 1.96. The number of rotatable bonds is 4. The second-order valence-corrected chi connectivity index (χ2v) is 7.24. The summed E-state index contributed by atoms with van der Waals surface area (Å²) in [4.78, 5) is 23.2. The number of amides is 1. The van der Waals surface area contributed by atoms with Crippen LogP contribution in [-0.4, -0.2) is 66.5 Å². The van der Waals surface area contributed by atoms with Crippen LogP contribution in [0, 0.1) is 5.82 Å². The number of hydrogen-bond donors (Lipinski definition) is 0. The van der Waals surface area contributed by atoms with Crippen LogP contribution in [0.3, 0.4) is 0 Å². The van der Waals surface area contributed by atoms with Crippen LogP contribution < -0.4 is 4.90 Å². The largest absolute Gasteiger partial charge is 0.354 e. The molecule has 0 aromatic carbocycles. The first-order valence-corrected chi connectivity index (χ1v) is 9.63. The van der Waals surface area contributed by atoms with Crippen LogP contribution in [0.25, 0.3) is 0 Å². The minimum Gasteiger partial charge on any atom is -0.354 e. The van der Waals surface area contributed by atoms with E-state index in [1.807, 2.05) is 11.9 Å². The van der Waals surface area contributed by atoms with E-state index in [9.17, 15) is 9.18 Å². The van der Waals surface area contributed by atoms with Crippen molar-refractivity contribution in [1.82, 2.24) is 14.8 Å². The zero-order valence-electron chi connectivity index (χ0n) is 15.6. The average Bonchev–Trinajstić information content (AvgIpc) is 2.62. The molecule has 0 unspecified atom stereocenters. The number of halogens is 1. The van der Waals surface area contributed by atoms with Crippen LogP contribution in [0.5, 0.6) is 0 Å². The van der Waals surface area contributed by atoms with Gasteiger partial charge in [-0.25, -0.2) is 9.37 Å². The van der Waals surface area contributed by atoms with Crippen LogP contribution in [0.4, 0.5) is 10.2 Å². The molecule has 1 saturated heterocycles. The number of piperazine rings is 1. The molecule has 142 valence electrons. The molecule has 6 heteroatoms. The fourth-order valence-electron chi connectivity index (χ4n) is 3.72. The Morgan fingerprint density at radius 1 is 1.19 bits per heavy atom. The standard InChI is InChI=1S/C20H29FN4O/c1-23(18-7-5-3-2-4-6-8-18)20(26)16-24-11-13-25(14-12-24)19-10-9-17(21)15-22-19/h2-3,9-10,15,18H,4-8,11-14,16H2,1H3/b3-2-/t18-/m1/s1. The van der Waals surface area contributed by atoms with E-state index in [0.717, 1.165) is 64.1 Å². The fourth-order valence-corrected chi connectivity index (χ4v) is 3.72. The quantitative estimate of drug-likeness (QED) is 0.774. The van der Waals surface area contributed by atoms with Crippen molar-refractivity contribution in [3.63, 3.8) is 0 Å². The molecular formula is C20H29FN4O. The summed E-state index contributed by atoms with van der Waals surface area (Å²) in [6, 6.07) is 3.52. The highest BCUT2D eigenvalue weighted by atomic mass is 19.1. The third-order valence-electron chi connectivity index (χ3n) is 5.45. The fraction of sp³-hybridized carbons (Fsp3) is 0.600. The van der Waals surface area contributed by atoms with Crippen LogP contribution >= 0.6 is 0 Å². The Hall–Kier alpha value is -1.95. The first-order chi connectivity index (χ1) is 12.6. The maximum Gasteiger partial charge on any atom is 0.236 e. The van der Waals surface area contributed by atoms with Crippen molar-refractivity contribution in [2.24, 2.45) is 0 Å². The number of allylic oxidation sites excluding steroid dienone is 2. The summed E-state index contributed by atoms with van der Waals surface area (Å²) in [6.07, 6.45) is 11.2. The van der Waals surface area contributed by atoms with Gasteiger partial charge in [-0.2, -0.15) is 0 Å². The summed E-state index contributed by atoms with van der Waals surface area (Å²) in [5.74, 6) is 0.704. The molecule has 0 radical (unpaired) electrons. The van der Waals surface area contributed by atoms with Gasteiger partial charge in [0, 0.05) is 39.3 Å². The van der Waals surface area contributed by atoms with Crippen molar-refractivity contribution in [1.29, 1.82) is 0 Å². The molecule has 1 amide bonds. The molecule has 1 aliphatic carbocycles. The number of aromatic nitrogens is 1. The van der Waals surface area contributed by atoms with E-state index >= 15 is 0 Å². The Bertz CT molecular complexity index is 611. The van der Waals surface area contributed by atoms with Crippen molar-refractivity contribution in [3.05, 3.63) is 36.3 Å². The minimum atomic E-state index is -0.314. The summed E-state index contributed by atoms with van der Waals surface area (Å²) in [5.41, 5.74) is 0. The van der Waals surface area contributed by atoms with Gasteiger partial charge in [0.15, 0.2) is 0 Å². The van der Waals surface area contributed by atoms with Gasteiger partial charge in [0.05, 0.1) is 12.7 Å². The van der Waals surface area contributed by atoms with Crippen molar-refractivity contribution in [2.45, 2.75) is 38.1 Å². The van der Waals surface area contributed by atoms with Gasteiger partial charge in [0.1, 0.15) is 11.6 Å². The molecule has 0 spiro atoms. The van der Waals surface area contributed by atoms with E-state index in [4.69, 9.17) is 0 Å².